The smallest absolute Gasteiger partial charge is 0.293 e. The number of nitrogens with one attached hydrogen (secondary N) is 1. The minimum atomic E-state index is -0.390. The number of nitrogen functional groups attached to an aromatic ring is 1. The Balaban J connectivity index is 1.80. The summed E-state index contributed by atoms with van der Waals surface area (Å²) in [7, 11) is 3.64. The number of hydrogen-bond donors (Lipinski definition) is 2. The highest BCUT2D eigenvalue weighted by Crippen LogP contribution is 2.38. The van der Waals surface area contributed by atoms with Crippen molar-refractivity contribution in [3.63, 3.8) is 0 Å². The molecular formula is C19H17N7O2S. The minimum absolute atomic E-state index is 0.104. The monoisotopic (exact) mass is 407 g/mol. The standard InChI is InChI=1S/C19H17N7O2S/c1-26(2)18-23-15(22-17(20)25-18)14-13(11-7-4-3-5-8-11)21-19(29-14)24-16(27)12-9-6-10-28-12/h3-10H,1-2H3,(H,21,24,27)(H2,20,22,23,25). The van der Waals surface area contributed by atoms with E-state index in [0.29, 0.717) is 27.5 Å². The van der Waals surface area contributed by atoms with Gasteiger partial charge in [-0.1, -0.05) is 41.7 Å². The van der Waals surface area contributed by atoms with E-state index in [1.165, 1.54) is 17.6 Å². The van der Waals surface area contributed by atoms with Crippen molar-refractivity contribution in [2.45, 2.75) is 0 Å². The summed E-state index contributed by atoms with van der Waals surface area (Å²) in [6.07, 6.45) is 1.44. The molecule has 10 heteroatoms. The van der Waals surface area contributed by atoms with Crippen LogP contribution in [0.3, 0.4) is 0 Å². The second kappa shape index (κ2) is 7.68. The Morgan fingerprint density at radius 1 is 1.07 bits per heavy atom. The van der Waals surface area contributed by atoms with E-state index in [1.54, 1.807) is 17.0 Å². The van der Waals surface area contributed by atoms with Crippen LogP contribution >= 0.6 is 11.3 Å². The van der Waals surface area contributed by atoms with Crippen LogP contribution in [-0.2, 0) is 0 Å². The molecule has 3 aromatic heterocycles. The molecule has 0 aliphatic rings. The molecule has 0 unspecified atom stereocenters. The van der Waals surface area contributed by atoms with Crippen molar-refractivity contribution in [2.75, 3.05) is 30.0 Å². The lowest BCUT2D eigenvalue weighted by atomic mass is 10.1. The molecule has 4 rings (SSSR count). The first-order valence-electron chi connectivity index (χ1n) is 8.61. The van der Waals surface area contributed by atoms with E-state index in [0.717, 1.165) is 5.56 Å². The molecule has 0 saturated heterocycles. The Morgan fingerprint density at radius 3 is 2.55 bits per heavy atom. The Hall–Kier alpha value is -3.79. The number of amides is 1. The van der Waals surface area contributed by atoms with Crippen LogP contribution < -0.4 is 16.0 Å². The molecule has 0 atom stereocenters. The minimum Gasteiger partial charge on any atom is -0.459 e. The maximum Gasteiger partial charge on any atom is 0.293 e. The van der Waals surface area contributed by atoms with E-state index < -0.39 is 0 Å². The third-order valence-electron chi connectivity index (χ3n) is 3.88. The lowest BCUT2D eigenvalue weighted by molar-refractivity contribution is 0.0996. The first kappa shape index (κ1) is 18.6. The average Bonchev–Trinajstić information content (AvgIpc) is 3.38. The molecule has 1 amide bonds. The lowest BCUT2D eigenvalue weighted by Crippen LogP contribution is -2.15. The zero-order valence-electron chi connectivity index (χ0n) is 15.7. The Morgan fingerprint density at radius 2 is 1.86 bits per heavy atom. The summed E-state index contributed by atoms with van der Waals surface area (Å²) >= 11 is 1.25. The highest BCUT2D eigenvalue weighted by molar-refractivity contribution is 7.19. The number of benzene rings is 1. The summed E-state index contributed by atoms with van der Waals surface area (Å²) in [4.78, 5) is 32.3. The first-order chi connectivity index (χ1) is 14.0. The van der Waals surface area contributed by atoms with Crippen LogP contribution in [0.25, 0.3) is 22.0 Å². The Kier molecular flexibility index (Phi) is 4.92. The first-order valence-corrected chi connectivity index (χ1v) is 9.43. The van der Waals surface area contributed by atoms with Gasteiger partial charge in [0.2, 0.25) is 11.9 Å². The van der Waals surface area contributed by atoms with Gasteiger partial charge in [-0.05, 0) is 12.1 Å². The largest absolute Gasteiger partial charge is 0.459 e. The fourth-order valence-electron chi connectivity index (χ4n) is 2.57. The molecule has 0 aliphatic carbocycles. The quantitative estimate of drug-likeness (QED) is 0.517. The van der Waals surface area contributed by atoms with Gasteiger partial charge in [0.1, 0.15) is 4.88 Å². The molecule has 29 heavy (non-hydrogen) atoms. The SMILES string of the molecule is CN(C)c1nc(N)nc(-c2sc(NC(=O)c3ccco3)nc2-c2ccccc2)n1. The zero-order valence-corrected chi connectivity index (χ0v) is 16.5. The van der Waals surface area contributed by atoms with Gasteiger partial charge in [-0.15, -0.1) is 0 Å². The molecule has 3 N–H and O–H groups in total. The number of anilines is 3. The molecule has 0 aliphatic heterocycles. The molecule has 1 aromatic carbocycles. The number of thiazole rings is 1. The van der Waals surface area contributed by atoms with Crippen molar-refractivity contribution in [1.29, 1.82) is 0 Å². The summed E-state index contributed by atoms with van der Waals surface area (Å²) in [6.45, 7) is 0. The number of carbonyl (C=O) groups is 1. The number of rotatable bonds is 5. The van der Waals surface area contributed by atoms with Gasteiger partial charge in [-0.3, -0.25) is 10.1 Å². The summed E-state index contributed by atoms with van der Waals surface area (Å²) in [6, 6.07) is 12.8. The van der Waals surface area contributed by atoms with Crippen LogP contribution in [0.15, 0.2) is 53.1 Å². The predicted molar refractivity (Wildman–Crippen MR) is 112 cm³/mol. The molecule has 0 bridgehead atoms. The fourth-order valence-corrected chi connectivity index (χ4v) is 3.48. The fraction of sp³-hybridized carbons (Fsp3) is 0.105. The Labute approximate surface area is 170 Å². The van der Waals surface area contributed by atoms with E-state index in [4.69, 9.17) is 10.2 Å². The van der Waals surface area contributed by atoms with E-state index >= 15 is 0 Å². The lowest BCUT2D eigenvalue weighted by Gasteiger charge is -2.11. The maximum absolute atomic E-state index is 12.4. The van der Waals surface area contributed by atoms with Crippen molar-refractivity contribution in [2.24, 2.45) is 0 Å². The van der Waals surface area contributed by atoms with Gasteiger partial charge in [0, 0.05) is 19.7 Å². The van der Waals surface area contributed by atoms with Gasteiger partial charge in [0.25, 0.3) is 5.91 Å². The summed E-state index contributed by atoms with van der Waals surface area (Å²) in [5.41, 5.74) is 7.39. The average molecular weight is 407 g/mol. The summed E-state index contributed by atoms with van der Waals surface area (Å²) in [5, 5.41) is 3.15. The topological polar surface area (TPSA) is 123 Å². The van der Waals surface area contributed by atoms with Crippen molar-refractivity contribution >= 4 is 34.3 Å². The predicted octanol–water partition coefficient (Wildman–Crippen LogP) is 3.16. The number of carbonyl (C=O) groups excluding carboxylic acids is 1. The van der Waals surface area contributed by atoms with E-state index in [-0.39, 0.29) is 17.6 Å². The molecule has 9 nitrogen and oxygen atoms in total. The van der Waals surface area contributed by atoms with Crippen molar-refractivity contribution in [1.82, 2.24) is 19.9 Å². The Bertz CT molecular complexity index is 1140. The van der Waals surface area contributed by atoms with Crippen molar-refractivity contribution in [3.05, 3.63) is 54.5 Å². The van der Waals surface area contributed by atoms with E-state index in [2.05, 4.69) is 25.3 Å². The van der Waals surface area contributed by atoms with Crippen LogP contribution in [0.4, 0.5) is 17.0 Å². The van der Waals surface area contributed by atoms with Gasteiger partial charge in [-0.25, -0.2) is 4.98 Å². The van der Waals surface area contributed by atoms with Gasteiger partial charge in [0.15, 0.2) is 16.7 Å². The molecule has 4 aromatic rings. The second-order valence-corrected chi connectivity index (χ2v) is 7.20. The summed E-state index contributed by atoms with van der Waals surface area (Å²) in [5.74, 6) is 0.728. The highest BCUT2D eigenvalue weighted by Gasteiger charge is 2.21. The van der Waals surface area contributed by atoms with Gasteiger partial charge >= 0.3 is 0 Å². The van der Waals surface area contributed by atoms with Crippen LogP contribution in [-0.4, -0.2) is 39.9 Å². The van der Waals surface area contributed by atoms with Gasteiger partial charge in [-0.2, -0.15) is 15.0 Å². The van der Waals surface area contributed by atoms with Crippen LogP contribution in [0.5, 0.6) is 0 Å². The van der Waals surface area contributed by atoms with Crippen LogP contribution in [0.2, 0.25) is 0 Å². The number of nitrogens with two attached hydrogens (primary N) is 1. The summed E-state index contributed by atoms with van der Waals surface area (Å²) < 4.78 is 5.14. The normalized spacial score (nSPS) is 10.7. The van der Waals surface area contributed by atoms with E-state index in [9.17, 15) is 4.79 Å². The zero-order chi connectivity index (χ0) is 20.4. The molecule has 146 valence electrons. The van der Waals surface area contributed by atoms with E-state index in [1.807, 2.05) is 44.4 Å². The van der Waals surface area contributed by atoms with Crippen molar-refractivity contribution < 1.29 is 9.21 Å². The molecule has 0 spiro atoms. The maximum atomic E-state index is 12.4. The molecular weight excluding hydrogens is 390 g/mol. The number of nitrogens with zero attached hydrogens (tertiary/aromatic N) is 5. The molecule has 0 saturated carbocycles. The van der Waals surface area contributed by atoms with Gasteiger partial charge < -0.3 is 15.1 Å². The number of furan rings is 1. The molecule has 0 radical (unpaired) electrons. The molecule has 3 heterocycles. The third kappa shape index (κ3) is 3.92. The van der Waals surface area contributed by atoms with Crippen molar-refractivity contribution in [3.8, 4) is 22.0 Å². The molecule has 0 fully saturated rings. The van der Waals surface area contributed by atoms with Crippen LogP contribution in [0.1, 0.15) is 10.6 Å². The number of aromatic nitrogens is 4. The van der Waals surface area contributed by atoms with Gasteiger partial charge in [0.05, 0.1) is 12.0 Å². The van der Waals surface area contributed by atoms with Crippen LogP contribution in [0, 0.1) is 0 Å². The highest BCUT2D eigenvalue weighted by atomic mass is 32.1. The number of hydrogen-bond acceptors (Lipinski definition) is 9. The third-order valence-corrected chi connectivity index (χ3v) is 4.85. The second-order valence-electron chi connectivity index (χ2n) is 6.21.